The van der Waals surface area contributed by atoms with Crippen LogP contribution in [0.15, 0.2) is 9.26 Å². The van der Waals surface area contributed by atoms with Gasteiger partial charge in [-0.05, 0) is 10.3 Å². The Bertz CT molecular complexity index is 1440. The lowest BCUT2D eigenvalue weighted by Crippen LogP contribution is -2.70. The Morgan fingerprint density at radius 1 is 0.556 bits per heavy atom. The number of benzene rings is 2. The van der Waals surface area contributed by atoms with E-state index in [0.29, 0.717) is 0 Å². The van der Waals surface area contributed by atoms with Crippen LogP contribution in [0.2, 0.25) is 0 Å². The zero-order valence-corrected chi connectivity index (χ0v) is 19.2. The molecule has 16 heteroatoms. The normalized spacial score (nSPS) is 36.0. The van der Waals surface area contributed by atoms with Gasteiger partial charge in [-0.1, -0.05) is 35.1 Å². The number of nitrogens with zero attached hydrogens (tertiary/aromatic N) is 4. The first-order chi connectivity index (χ1) is 17.3. The maximum atomic E-state index is 16.5. The molecule has 6 aliphatic rings. The first-order valence-corrected chi connectivity index (χ1v) is 11.6. The fourth-order valence-electron chi connectivity index (χ4n) is 5.75. The van der Waals surface area contributed by atoms with Crippen LogP contribution in [0.25, 0.3) is 32.8 Å². The lowest BCUT2D eigenvalue weighted by molar-refractivity contribution is -0.119. The summed E-state index contributed by atoms with van der Waals surface area (Å²) in [6, 6.07) is 0. The highest BCUT2D eigenvalue weighted by Crippen LogP contribution is 2.41. The molecular formula is C20H18B2F2N4O8-2. The van der Waals surface area contributed by atoms with Crippen LogP contribution < -0.4 is 10.9 Å². The summed E-state index contributed by atoms with van der Waals surface area (Å²) in [6.45, 7) is 0.0471. The van der Waals surface area contributed by atoms with E-state index in [4.69, 9.17) is 37.2 Å². The second-order valence-corrected chi connectivity index (χ2v) is 10.9. The van der Waals surface area contributed by atoms with Crippen LogP contribution >= 0.6 is 0 Å². The Kier molecular flexibility index (Phi) is 3.89. The van der Waals surface area contributed by atoms with Gasteiger partial charge in [-0.3, -0.25) is 0 Å². The third-order valence-corrected chi connectivity index (χ3v) is 7.74. The Balaban J connectivity index is 1.45. The highest BCUT2D eigenvalue weighted by atomic mass is 19.1. The Morgan fingerprint density at radius 2 is 0.861 bits per heavy atom. The summed E-state index contributed by atoms with van der Waals surface area (Å²) < 4.78 is 78.4. The highest BCUT2D eigenvalue weighted by Gasteiger charge is 2.52. The first-order valence-electron chi connectivity index (χ1n) is 11.6. The second kappa shape index (κ2) is 6.57. The van der Waals surface area contributed by atoms with Crippen molar-refractivity contribution in [2.75, 3.05) is 39.6 Å². The summed E-state index contributed by atoms with van der Waals surface area (Å²) in [5.74, 6) is -1.84. The maximum absolute atomic E-state index is 16.5. The fraction of sp³-hybridized carbons (Fsp3) is 0.500. The molecule has 0 spiro atoms. The van der Waals surface area contributed by atoms with Crippen LogP contribution in [0.4, 0.5) is 8.78 Å². The average molecular weight is 502 g/mol. The lowest BCUT2D eigenvalue weighted by Gasteiger charge is -2.58. The van der Waals surface area contributed by atoms with E-state index in [0.717, 1.165) is 0 Å². The van der Waals surface area contributed by atoms with Crippen molar-refractivity contribution in [3.63, 3.8) is 0 Å². The predicted molar refractivity (Wildman–Crippen MR) is 117 cm³/mol. The molecule has 0 radical (unpaired) electrons. The molecule has 10 rings (SSSR count). The van der Waals surface area contributed by atoms with Crippen molar-refractivity contribution < 1.29 is 46.0 Å². The molecule has 6 aliphatic heterocycles. The van der Waals surface area contributed by atoms with Crippen LogP contribution in [0.3, 0.4) is 0 Å². The van der Waals surface area contributed by atoms with Crippen molar-refractivity contribution in [1.29, 1.82) is 0 Å². The number of halogens is 2. The van der Waals surface area contributed by atoms with E-state index in [9.17, 15) is 0 Å². The lowest BCUT2D eigenvalue weighted by atomic mass is 9.61. The van der Waals surface area contributed by atoms with Crippen molar-refractivity contribution in [2.45, 2.75) is 13.8 Å². The SMILES string of the molecule is CC12CO[B-](c3c(F)c4c5nonc5c([B-]56OCC(C)(CO5)CO6)c(F)c4c4nonc34)(OC1)OC2. The zero-order chi connectivity index (χ0) is 24.5. The molecule has 0 saturated carbocycles. The molecule has 12 nitrogen and oxygen atoms in total. The number of fused-ring (bicyclic) bond motifs is 11. The molecule has 0 atom stereocenters. The van der Waals surface area contributed by atoms with Gasteiger partial charge >= 0.3 is 13.5 Å². The van der Waals surface area contributed by atoms with Crippen LogP contribution in [0, 0.1) is 22.5 Å². The molecular weight excluding hydrogens is 484 g/mol. The van der Waals surface area contributed by atoms with Gasteiger partial charge in [-0.25, -0.2) is 18.0 Å². The van der Waals surface area contributed by atoms with Crippen LogP contribution in [-0.4, -0.2) is 73.8 Å². The summed E-state index contributed by atoms with van der Waals surface area (Å²) in [7, 11) is 0. The van der Waals surface area contributed by atoms with E-state index in [2.05, 4.69) is 20.6 Å². The van der Waals surface area contributed by atoms with Gasteiger partial charge in [0, 0.05) is 50.5 Å². The smallest absolute Gasteiger partial charge is 0.414 e. The minimum absolute atomic E-state index is 0.0836. The molecule has 0 aliphatic carbocycles. The molecule has 4 bridgehead atoms. The molecule has 0 N–H and O–H groups in total. The van der Waals surface area contributed by atoms with Crippen LogP contribution in [0.1, 0.15) is 13.8 Å². The van der Waals surface area contributed by atoms with Gasteiger partial charge in [0.1, 0.15) is 33.7 Å². The van der Waals surface area contributed by atoms with Gasteiger partial charge < -0.3 is 27.9 Å². The molecule has 36 heavy (non-hydrogen) atoms. The van der Waals surface area contributed by atoms with E-state index in [-0.39, 0.29) is 94.2 Å². The van der Waals surface area contributed by atoms with Gasteiger partial charge in [0.05, 0.1) is 10.8 Å². The monoisotopic (exact) mass is 502 g/mol. The van der Waals surface area contributed by atoms with Crippen molar-refractivity contribution >= 4 is 57.3 Å². The quantitative estimate of drug-likeness (QED) is 0.357. The predicted octanol–water partition coefficient (Wildman–Crippen LogP) is 0.649. The van der Waals surface area contributed by atoms with Crippen LogP contribution in [0.5, 0.6) is 0 Å². The molecule has 0 amide bonds. The third kappa shape index (κ3) is 2.49. The molecule has 188 valence electrons. The van der Waals surface area contributed by atoms with Crippen molar-refractivity contribution in [1.82, 2.24) is 20.6 Å². The average Bonchev–Trinajstić information content (AvgIpc) is 3.55. The summed E-state index contributed by atoms with van der Waals surface area (Å²) >= 11 is 0. The van der Waals surface area contributed by atoms with Crippen molar-refractivity contribution in [3.05, 3.63) is 11.6 Å². The maximum Gasteiger partial charge on any atom is 0.414 e. The molecule has 2 aromatic heterocycles. The summed E-state index contributed by atoms with van der Waals surface area (Å²) in [6.07, 6.45) is 0. The van der Waals surface area contributed by atoms with Gasteiger partial charge in [0.2, 0.25) is 0 Å². The van der Waals surface area contributed by atoms with Gasteiger partial charge in [0.25, 0.3) is 0 Å². The number of hydrogen-bond acceptors (Lipinski definition) is 12. The van der Waals surface area contributed by atoms with E-state index in [1.165, 1.54) is 0 Å². The van der Waals surface area contributed by atoms with Crippen LogP contribution in [-0.2, 0) is 27.9 Å². The molecule has 4 aromatic rings. The van der Waals surface area contributed by atoms with E-state index < -0.39 is 25.1 Å². The van der Waals surface area contributed by atoms with E-state index in [1.807, 2.05) is 13.8 Å². The summed E-state index contributed by atoms with van der Waals surface area (Å²) in [4.78, 5) is 0. The Labute approximate surface area is 200 Å². The van der Waals surface area contributed by atoms with Crippen molar-refractivity contribution in [2.24, 2.45) is 10.8 Å². The summed E-state index contributed by atoms with van der Waals surface area (Å²) in [5.41, 5.74) is -1.43. The number of aromatic nitrogens is 4. The van der Waals surface area contributed by atoms with Gasteiger partial charge in [-0.15, -0.1) is 0 Å². The Morgan fingerprint density at radius 3 is 1.19 bits per heavy atom. The molecule has 2 aromatic carbocycles. The van der Waals surface area contributed by atoms with E-state index in [1.54, 1.807) is 0 Å². The molecule has 6 saturated heterocycles. The highest BCUT2D eigenvalue weighted by molar-refractivity contribution is 6.79. The largest absolute Gasteiger partial charge is 0.540 e. The van der Waals surface area contributed by atoms with E-state index >= 15 is 8.78 Å². The second-order valence-electron chi connectivity index (χ2n) is 10.9. The first kappa shape index (κ1) is 21.3. The minimum atomic E-state index is -2.75. The van der Waals surface area contributed by atoms with Crippen molar-refractivity contribution in [3.8, 4) is 0 Å². The van der Waals surface area contributed by atoms with Gasteiger partial charge in [0.15, 0.2) is 0 Å². The fourth-order valence-corrected chi connectivity index (χ4v) is 5.75. The topological polar surface area (TPSA) is 133 Å². The van der Waals surface area contributed by atoms with Gasteiger partial charge in [-0.2, -0.15) is 0 Å². The third-order valence-electron chi connectivity index (χ3n) is 7.74. The summed E-state index contributed by atoms with van der Waals surface area (Å²) in [5, 5.41) is 15.0. The molecule has 0 unspecified atom stereocenters. The zero-order valence-electron chi connectivity index (χ0n) is 19.2. The molecule has 6 fully saturated rings. The number of hydrogen-bond donors (Lipinski definition) is 0. The minimum Gasteiger partial charge on any atom is -0.540 e. The molecule has 8 heterocycles. The standard InChI is InChI=1S/C20H18B2F2N4O8/c1-19-3-29-21(30-4-19,31-5-19)11-13(23)9-10(15-17(11)27-35-25-15)14(24)12(18-16(9)26-36-28-18)22-32-6-20(2,7-33-22)8-34-22/h3-8H2,1-2H3/q-2. The number of rotatable bonds is 2. The Hall–Kier alpha value is -2.75.